The van der Waals surface area contributed by atoms with Gasteiger partial charge in [-0.3, -0.25) is 0 Å². The van der Waals surface area contributed by atoms with Gasteiger partial charge in [-0.1, -0.05) is 23.9 Å². The van der Waals surface area contributed by atoms with Crippen LogP contribution in [-0.2, 0) is 0 Å². The molecule has 0 aliphatic rings. The number of nitrogens with one attached hydrogen (secondary N) is 1. The van der Waals surface area contributed by atoms with Crippen LogP contribution in [0.2, 0.25) is 0 Å². The van der Waals surface area contributed by atoms with Crippen LogP contribution in [0.5, 0.6) is 0 Å². The number of halogens is 2. The molecule has 0 aliphatic heterocycles. The van der Waals surface area contributed by atoms with Crippen molar-refractivity contribution >= 4 is 28.8 Å². The van der Waals surface area contributed by atoms with Gasteiger partial charge in [0.25, 0.3) is 5.76 Å². The minimum Gasteiger partial charge on any atom is -0.399 e. The summed E-state index contributed by atoms with van der Waals surface area (Å²) < 4.78 is 25.0. The first-order valence-corrected chi connectivity index (χ1v) is 6.61. The molecule has 100 valence electrons. The molecule has 2 nitrogen and oxygen atoms in total. The summed E-state index contributed by atoms with van der Waals surface area (Å²) in [6.07, 6.45) is 0. The molecule has 0 fully saturated rings. The van der Waals surface area contributed by atoms with E-state index in [1.54, 1.807) is 24.3 Å². The second-order valence-corrected chi connectivity index (χ2v) is 5.11. The maximum atomic E-state index is 12.5. The van der Waals surface area contributed by atoms with E-state index in [2.05, 4.69) is 5.32 Å². The third-order valence-corrected chi connectivity index (χ3v) is 3.41. The third-order valence-electron chi connectivity index (χ3n) is 2.62. The number of para-hydroxylation sites is 1. The Morgan fingerprint density at radius 2 is 1.84 bits per heavy atom. The number of nitrogens with two attached hydrogens (primary N) is 1. The third kappa shape index (κ3) is 3.61. The molecule has 0 amide bonds. The van der Waals surface area contributed by atoms with Crippen LogP contribution in [0, 0.1) is 6.92 Å². The molecule has 0 bridgehead atoms. The van der Waals surface area contributed by atoms with Gasteiger partial charge in [0.05, 0.1) is 5.69 Å². The lowest BCUT2D eigenvalue weighted by atomic mass is 10.1. The zero-order chi connectivity index (χ0) is 13.8. The van der Waals surface area contributed by atoms with Crippen molar-refractivity contribution in [2.45, 2.75) is 17.6 Å². The number of rotatable bonds is 4. The molecule has 0 saturated heterocycles. The number of anilines is 3. The molecule has 0 atom stereocenters. The first-order chi connectivity index (χ1) is 9.06. The number of hydrogen-bond acceptors (Lipinski definition) is 3. The number of hydrogen-bond donors (Lipinski definition) is 2. The van der Waals surface area contributed by atoms with Crippen LogP contribution >= 0.6 is 11.8 Å². The van der Waals surface area contributed by atoms with Crippen LogP contribution in [0.15, 0.2) is 47.4 Å². The van der Waals surface area contributed by atoms with Gasteiger partial charge in [0, 0.05) is 16.3 Å². The van der Waals surface area contributed by atoms with Crippen molar-refractivity contribution < 1.29 is 8.78 Å². The summed E-state index contributed by atoms with van der Waals surface area (Å²) in [6, 6.07) is 12.5. The Kier molecular flexibility index (Phi) is 4.27. The molecule has 5 heteroatoms. The van der Waals surface area contributed by atoms with Gasteiger partial charge in [0.1, 0.15) is 0 Å². The second-order valence-electron chi connectivity index (χ2n) is 4.07. The van der Waals surface area contributed by atoms with Gasteiger partial charge in [-0.2, -0.15) is 8.78 Å². The monoisotopic (exact) mass is 280 g/mol. The van der Waals surface area contributed by atoms with Crippen molar-refractivity contribution in [1.29, 1.82) is 0 Å². The summed E-state index contributed by atoms with van der Waals surface area (Å²) in [7, 11) is 0. The molecule has 0 aliphatic carbocycles. The van der Waals surface area contributed by atoms with Crippen molar-refractivity contribution in [3.8, 4) is 0 Å². The number of benzene rings is 2. The molecule has 0 radical (unpaired) electrons. The van der Waals surface area contributed by atoms with Crippen molar-refractivity contribution in [3.63, 3.8) is 0 Å². The average molecular weight is 280 g/mol. The van der Waals surface area contributed by atoms with Gasteiger partial charge >= 0.3 is 0 Å². The molecule has 0 heterocycles. The van der Waals surface area contributed by atoms with E-state index in [9.17, 15) is 8.78 Å². The lowest BCUT2D eigenvalue weighted by Crippen LogP contribution is -1.97. The maximum absolute atomic E-state index is 12.5. The predicted molar refractivity (Wildman–Crippen MR) is 77.2 cm³/mol. The van der Waals surface area contributed by atoms with E-state index >= 15 is 0 Å². The van der Waals surface area contributed by atoms with Crippen LogP contribution < -0.4 is 11.1 Å². The topological polar surface area (TPSA) is 38.0 Å². The van der Waals surface area contributed by atoms with Crippen LogP contribution in [0.3, 0.4) is 0 Å². The first-order valence-electron chi connectivity index (χ1n) is 5.73. The van der Waals surface area contributed by atoms with E-state index in [0.717, 1.165) is 11.3 Å². The Hall–Kier alpha value is -1.75. The minimum atomic E-state index is -2.43. The molecule has 2 rings (SSSR count). The highest BCUT2D eigenvalue weighted by atomic mass is 32.2. The summed E-state index contributed by atoms with van der Waals surface area (Å²) in [6.45, 7) is 1.92. The lowest BCUT2D eigenvalue weighted by molar-refractivity contribution is 0.252. The fourth-order valence-electron chi connectivity index (χ4n) is 1.74. The van der Waals surface area contributed by atoms with Crippen molar-refractivity contribution in [3.05, 3.63) is 48.0 Å². The highest BCUT2D eigenvalue weighted by molar-refractivity contribution is 7.99. The zero-order valence-corrected chi connectivity index (χ0v) is 11.2. The van der Waals surface area contributed by atoms with Crippen molar-refractivity contribution in [2.75, 3.05) is 11.1 Å². The molecular weight excluding hydrogens is 266 g/mol. The predicted octanol–water partition coefficient (Wildman–Crippen LogP) is 4.64. The molecular formula is C14H14F2N2S. The Morgan fingerprint density at radius 1 is 1.11 bits per heavy atom. The van der Waals surface area contributed by atoms with E-state index < -0.39 is 5.76 Å². The number of aryl methyl sites for hydroxylation is 1. The SMILES string of the molecule is Cc1cc(N)ccc1Nc1ccccc1SC(F)F. The van der Waals surface area contributed by atoms with Gasteiger partial charge in [0.2, 0.25) is 0 Å². The van der Waals surface area contributed by atoms with Crippen molar-refractivity contribution in [2.24, 2.45) is 0 Å². The van der Waals surface area contributed by atoms with Crippen molar-refractivity contribution in [1.82, 2.24) is 0 Å². The quantitative estimate of drug-likeness (QED) is 0.633. The Balaban J connectivity index is 2.27. The Labute approximate surface area is 115 Å². The molecule has 2 aromatic rings. The number of thioether (sulfide) groups is 1. The highest BCUT2D eigenvalue weighted by Gasteiger charge is 2.10. The summed E-state index contributed by atoms with van der Waals surface area (Å²) in [5, 5.41) is 3.16. The molecule has 2 aromatic carbocycles. The molecule has 0 spiro atoms. The number of alkyl halides is 2. The van der Waals surface area contributed by atoms with Gasteiger partial charge in [-0.05, 0) is 42.8 Å². The van der Waals surface area contributed by atoms with E-state index in [1.807, 2.05) is 25.1 Å². The summed E-state index contributed by atoms with van der Waals surface area (Å²) in [4.78, 5) is 0.522. The van der Waals surface area contributed by atoms with E-state index in [1.165, 1.54) is 0 Å². The molecule has 0 unspecified atom stereocenters. The zero-order valence-electron chi connectivity index (χ0n) is 10.4. The minimum absolute atomic E-state index is 0.522. The van der Waals surface area contributed by atoms with Gasteiger partial charge < -0.3 is 11.1 Å². The van der Waals surface area contributed by atoms with E-state index in [0.29, 0.717) is 28.0 Å². The fourth-order valence-corrected chi connectivity index (χ4v) is 2.34. The summed E-state index contributed by atoms with van der Waals surface area (Å²) in [5.41, 5.74) is 8.86. The van der Waals surface area contributed by atoms with Crippen LogP contribution in [-0.4, -0.2) is 5.76 Å². The van der Waals surface area contributed by atoms with Gasteiger partial charge in [-0.15, -0.1) is 0 Å². The number of nitrogen functional groups attached to an aromatic ring is 1. The normalized spacial score (nSPS) is 10.7. The van der Waals surface area contributed by atoms with Crippen LogP contribution in [0.1, 0.15) is 5.56 Å². The maximum Gasteiger partial charge on any atom is 0.288 e. The fraction of sp³-hybridized carbons (Fsp3) is 0.143. The van der Waals surface area contributed by atoms with E-state index in [-0.39, 0.29) is 0 Å². The summed E-state index contributed by atoms with van der Waals surface area (Å²) >= 11 is 0.533. The smallest absolute Gasteiger partial charge is 0.288 e. The van der Waals surface area contributed by atoms with Crippen LogP contribution in [0.25, 0.3) is 0 Å². The largest absolute Gasteiger partial charge is 0.399 e. The molecule has 0 saturated carbocycles. The van der Waals surface area contributed by atoms with Gasteiger partial charge in [-0.25, -0.2) is 0 Å². The summed E-state index contributed by atoms with van der Waals surface area (Å²) in [5.74, 6) is -2.43. The lowest BCUT2D eigenvalue weighted by Gasteiger charge is -2.13. The van der Waals surface area contributed by atoms with Crippen LogP contribution in [0.4, 0.5) is 25.8 Å². The van der Waals surface area contributed by atoms with Gasteiger partial charge in [0.15, 0.2) is 0 Å². The Bertz CT molecular complexity index is 573. The Morgan fingerprint density at radius 3 is 2.53 bits per heavy atom. The molecule has 3 N–H and O–H groups in total. The average Bonchev–Trinajstić information content (AvgIpc) is 2.34. The first kappa shape index (κ1) is 13.7. The van der Waals surface area contributed by atoms with E-state index in [4.69, 9.17) is 5.73 Å². The molecule has 0 aromatic heterocycles. The molecule has 19 heavy (non-hydrogen) atoms. The standard InChI is InChI=1S/C14H14F2N2S/c1-9-8-10(17)6-7-11(9)18-12-4-2-3-5-13(12)19-14(15)16/h2-8,14,18H,17H2,1H3. The second kappa shape index (κ2) is 5.93. The highest BCUT2D eigenvalue weighted by Crippen LogP contribution is 2.34.